The number of amides is 1. The summed E-state index contributed by atoms with van der Waals surface area (Å²) in [6.45, 7) is 4.87. The summed E-state index contributed by atoms with van der Waals surface area (Å²) in [6.07, 6.45) is 62.3. The van der Waals surface area contributed by atoms with Crippen molar-refractivity contribution in [3.8, 4) is 0 Å². The lowest BCUT2D eigenvalue weighted by atomic mass is 10.0. The van der Waals surface area contributed by atoms with Gasteiger partial charge in [0.2, 0.25) is 5.91 Å². The molecule has 2 atom stereocenters. The van der Waals surface area contributed by atoms with Crippen LogP contribution in [0.3, 0.4) is 0 Å². The first-order valence-electron chi connectivity index (χ1n) is 28.5. The number of esters is 1. The monoisotopic (exact) mass is 890 g/mol. The Balaban J connectivity index is 3.49. The van der Waals surface area contributed by atoms with E-state index in [-0.39, 0.29) is 18.5 Å². The number of aliphatic hydroxyl groups is 2. The normalized spacial score (nSPS) is 12.6. The fourth-order valence-corrected chi connectivity index (χ4v) is 8.93. The summed E-state index contributed by atoms with van der Waals surface area (Å²) in [7, 11) is 0. The Hall–Kier alpha value is -1.40. The smallest absolute Gasteiger partial charge is 0.305 e. The number of allylic oxidation sites excluding steroid dienone is 1. The Kier molecular flexibility index (Phi) is 52.0. The molecule has 0 bridgehead atoms. The van der Waals surface area contributed by atoms with E-state index in [1.807, 2.05) is 6.08 Å². The molecule has 0 saturated carbocycles. The van der Waals surface area contributed by atoms with Gasteiger partial charge in [0, 0.05) is 12.8 Å². The number of hydrogen-bond acceptors (Lipinski definition) is 5. The molecule has 0 aliphatic rings. The van der Waals surface area contributed by atoms with Gasteiger partial charge in [-0.05, 0) is 32.1 Å². The third-order valence-electron chi connectivity index (χ3n) is 13.3. The van der Waals surface area contributed by atoms with Crippen molar-refractivity contribution in [1.29, 1.82) is 0 Å². The molecule has 0 aromatic heterocycles. The molecule has 0 fully saturated rings. The van der Waals surface area contributed by atoms with E-state index in [2.05, 4.69) is 19.2 Å². The van der Waals surface area contributed by atoms with Crippen LogP contribution in [0.15, 0.2) is 12.2 Å². The van der Waals surface area contributed by atoms with Crippen LogP contribution in [-0.4, -0.2) is 47.4 Å². The maximum atomic E-state index is 12.5. The third-order valence-corrected chi connectivity index (χ3v) is 13.3. The second-order valence-corrected chi connectivity index (χ2v) is 19.6. The van der Waals surface area contributed by atoms with Crippen molar-refractivity contribution in [3.05, 3.63) is 12.2 Å². The number of carbonyl (C=O) groups is 2. The summed E-state index contributed by atoms with van der Waals surface area (Å²) in [5, 5.41) is 23.2. The zero-order valence-corrected chi connectivity index (χ0v) is 42.6. The number of nitrogens with one attached hydrogen (secondary N) is 1. The van der Waals surface area contributed by atoms with Crippen molar-refractivity contribution in [3.63, 3.8) is 0 Å². The van der Waals surface area contributed by atoms with Gasteiger partial charge in [-0.3, -0.25) is 9.59 Å². The van der Waals surface area contributed by atoms with Gasteiger partial charge in [-0.15, -0.1) is 0 Å². The molecular weight excluding hydrogens is 779 g/mol. The predicted molar refractivity (Wildman–Crippen MR) is 273 cm³/mol. The number of aliphatic hydroxyl groups excluding tert-OH is 2. The maximum Gasteiger partial charge on any atom is 0.305 e. The lowest BCUT2D eigenvalue weighted by molar-refractivity contribution is -0.143. The van der Waals surface area contributed by atoms with Crippen LogP contribution in [0.5, 0.6) is 0 Å². The van der Waals surface area contributed by atoms with Crippen LogP contribution in [0.2, 0.25) is 0 Å². The highest BCUT2D eigenvalue weighted by Gasteiger charge is 2.18. The third kappa shape index (κ3) is 49.9. The summed E-state index contributed by atoms with van der Waals surface area (Å²) in [4.78, 5) is 24.5. The first kappa shape index (κ1) is 61.6. The summed E-state index contributed by atoms with van der Waals surface area (Å²) >= 11 is 0. The molecule has 0 aromatic carbocycles. The van der Waals surface area contributed by atoms with Crippen molar-refractivity contribution in [2.24, 2.45) is 0 Å². The van der Waals surface area contributed by atoms with E-state index in [9.17, 15) is 19.8 Å². The Labute approximate surface area is 393 Å². The molecule has 0 saturated heterocycles. The molecule has 6 heteroatoms. The van der Waals surface area contributed by atoms with Gasteiger partial charge in [0.05, 0.1) is 25.4 Å². The Morgan fingerprint density at radius 2 is 0.730 bits per heavy atom. The summed E-state index contributed by atoms with van der Waals surface area (Å²) in [6, 6.07) is -0.644. The second kappa shape index (κ2) is 53.2. The minimum Gasteiger partial charge on any atom is -0.466 e. The van der Waals surface area contributed by atoms with E-state index >= 15 is 0 Å². The van der Waals surface area contributed by atoms with E-state index < -0.39 is 12.1 Å². The van der Waals surface area contributed by atoms with Gasteiger partial charge in [-0.25, -0.2) is 0 Å². The number of hydrogen-bond donors (Lipinski definition) is 3. The minimum atomic E-state index is -0.859. The van der Waals surface area contributed by atoms with Crippen molar-refractivity contribution < 1.29 is 24.5 Å². The van der Waals surface area contributed by atoms with Crippen LogP contribution in [-0.2, 0) is 14.3 Å². The number of rotatable bonds is 53. The molecule has 2 unspecified atom stereocenters. The van der Waals surface area contributed by atoms with Gasteiger partial charge < -0.3 is 20.3 Å². The number of unbranched alkanes of at least 4 members (excludes halogenated alkanes) is 42. The minimum absolute atomic E-state index is 0.0202. The van der Waals surface area contributed by atoms with Gasteiger partial charge in [-0.1, -0.05) is 283 Å². The van der Waals surface area contributed by atoms with Crippen molar-refractivity contribution in [2.45, 2.75) is 328 Å². The molecule has 0 heterocycles. The summed E-state index contributed by atoms with van der Waals surface area (Å²) in [5.74, 6) is -0.107. The lowest BCUT2D eigenvalue weighted by Crippen LogP contribution is -2.45. The maximum absolute atomic E-state index is 12.5. The summed E-state index contributed by atoms with van der Waals surface area (Å²) < 4.78 is 5.44. The molecule has 0 aromatic rings. The zero-order valence-electron chi connectivity index (χ0n) is 42.6. The molecule has 1 amide bonds. The average molecular weight is 891 g/mol. The molecule has 374 valence electrons. The molecule has 63 heavy (non-hydrogen) atoms. The second-order valence-electron chi connectivity index (χ2n) is 19.6. The first-order valence-corrected chi connectivity index (χ1v) is 28.5. The van der Waals surface area contributed by atoms with Gasteiger partial charge >= 0.3 is 5.97 Å². The molecule has 0 aliphatic carbocycles. The SMILES string of the molecule is CCCCCCCCCCCCCCCCCCCCCCCCC/C=C/C(O)C(CO)NC(=O)CCCCCCCCCCCCOC(=O)CCCCCCCCCCCCC. The van der Waals surface area contributed by atoms with Crippen molar-refractivity contribution in [1.82, 2.24) is 5.32 Å². The first-order chi connectivity index (χ1) is 31.0. The predicted octanol–water partition coefficient (Wildman–Crippen LogP) is 17.3. The van der Waals surface area contributed by atoms with Gasteiger partial charge in [0.25, 0.3) is 0 Å². The summed E-state index contributed by atoms with van der Waals surface area (Å²) in [5.41, 5.74) is 0. The van der Waals surface area contributed by atoms with Crippen LogP contribution < -0.4 is 5.32 Å². The molecule has 0 radical (unpaired) electrons. The Bertz CT molecular complexity index is 939. The molecule has 0 rings (SSSR count). The Morgan fingerprint density at radius 1 is 0.429 bits per heavy atom. The molecular formula is C57H111NO5. The van der Waals surface area contributed by atoms with Crippen LogP contribution in [0.25, 0.3) is 0 Å². The number of ether oxygens (including phenoxy) is 1. The average Bonchev–Trinajstić information content (AvgIpc) is 3.28. The molecule has 6 nitrogen and oxygen atoms in total. The highest BCUT2D eigenvalue weighted by Crippen LogP contribution is 2.17. The van der Waals surface area contributed by atoms with Gasteiger partial charge in [-0.2, -0.15) is 0 Å². The highest BCUT2D eigenvalue weighted by molar-refractivity contribution is 5.76. The molecule has 0 spiro atoms. The topological polar surface area (TPSA) is 95.9 Å². The lowest BCUT2D eigenvalue weighted by Gasteiger charge is -2.20. The fourth-order valence-electron chi connectivity index (χ4n) is 8.93. The van der Waals surface area contributed by atoms with Crippen LogP contribution in [0.4, 0.5) is 0 Å². The number of carbonyl (C=O) groups excluding carboxylic acids is 2. The van der Waals surface area contributed by atoms with E-state index in [4.69, 9.17) is 4.74 Å². The van der Waals surface area contributed by atoms with Gasteiger partial charge in [0.1, 0.15) is 0 Å². The van der Waals surface area contributed by atoms with E-state index in [0.29, 0.717) is 19.4 Å². The van der Waals surface area contributed by atoms with Crippen LogP contribution >= 0.6 is 0 Å². The van der Waals surface area contributed by atoms with Gasteiger partial charge in [0.15, 0.2) is 0 Å². The van der Waals surface area contributed by atoms with E-state index in [1.54, 1.807) is 6.08 Å². The molecule has 3 N–H and O–H groups in total. The van der Waals surface area contributed by atoms with Crippen LogP contribution in [0.1, 0.15) is 316 Å². The van der Waals surface area contributed by atoms with E-state index in [1.165, 1.54) is 231 Å². The Morgan fingerprint density at radius 3 is 1.08 bits per heavy atom. The van der Waals surface area contributed by atoms with Crippen molar-refractivity contribution >= 4 is 11.9 Å². The van der Waals surface area contributed by atoms with Crippen molar-refractivity contribution in [2.75, 3.05) is 13.2 Å². The molecule has 0 aliphatic heterocycles. The largest absolute Gasteiger partial charge is 0.466 e. The van der Waals surface area contributed by atoms with Crippen LogP contribution in [0, 0.1) is 0 Å². The quantitative estimate of drug-likeness (QED) is 0.0321. The highest BCUT2D eigenvalue weighted by atomic mass is 16.5. The zero-order chi connectivity index (χ0) is 45.8. The van der Waals surface area contributed by atoms with E-state index in [0.717, 1.165) is 57.8 Å². The fraction of sp³-hybridized carbons (Fsp3) is 0.930. The standard InChI is InChI=1S/C57H111NO5/c1-3-5-7-9-11-13-15-16-17-18-19-20-21-22-23-24-25-26-27-28-30-33-37-41-45-49-55(60)54(53-59)58-56(61)50-46-42-38-34-31-32-36-40-44-48-52-63-57(62)51-47-43-39-35-29-14-12-10-8-6-4-2/h45,49,54-55,59-60H,3-44,46-48,50-53H2,1-2H3,(H,58,61)/b49-45+.